The molecule has 0 aromatic heterocycles. The van der Waals surface area contributed by atoms with E-state index in [-0.39, 0.29) is 45.7 Å². The first kappa shape index (κ1) is 31.8. The first-order valence-electron chi connectivity index (χ1n) is 11.4. The zero-order valence-electron chi connectivity index (χ0n) is 20.7. The summed E-state index contributed by atoms with van der Waals surface area (Å²) in [5.41, 5.74) is 0.515. The molecule has 0 heterocycles. The Morgan fingerprint density at radius 2 is 1.54 bits per heavy atom. The Labute approximate surface area is 243 Å². The Morgan fingerprint density at radius 3 is 2.08 bits per heavy atom. The third-order valence-electron chi connectivity index (χ3n) is 5.68. The molecule has 0 aliphatic carbocycles. The zero-order chi connectivity index (χ0) is 28.1. The van der Waals surface area contributed by atoms with Crippen LogP contribution in [0.1, 0.15) is 39.2 Å². The minimum absolute atomic E-state index is 0.0125. The molecule has 2 atom stereocenters. The van der Waals surface area contributed by atoms with Crippen LogP contribution in [0, 0.1) is 0 Å². The highest BCUT2D eigenvalue weighted by atomic mass is 35.5. The summed E-state index contributed by atoms with van der Waals surface area (Å²) in [7, 11) is -4.01. The van der Waals surface area contributed by atoms with Crippen LogP contribution < -0.4 is 9.62 Å². The number of halogens is 5. The number of carbonyl (C=O) groups excluding carboxylic acids is 2. The van der Waals surface area contributed by atoms with Crippen molar-refractivity contribution < 1.29 is 18.0 Å². The maximum atomic E-state index is 13.7. The van der Waals surface area contributed by atoms with Crippen LogP contribution in [0.5, 0.6) is 0 Å². The molecule has 37 heavy (non-hydrogen) atoms. The molecule has 0 spiro atoms. The van der Waals surface area contributed by atoms with Crippen LogP contribution in [0.25, 0.3) is 0 Å². The fourth-order valence-electron chi connectivity index (χ4n) is 3.49. The van der Waals surface area contributed by atoms with Gasteiger partial charge in [-0.3, -0.25) is 13.9 Å². The van der Waals surface area contributed by atoms with Gasteiger partial charge in [0.05, 0.1) is 27.0 Å². The van der Waals surface area contributed by atoms with Crippen molar-refractivity contribution in [2.45, 2.75) is 52.2 Å². The molecule has 7 nitrogen and oxygen atoms in total. The van der Waals surface area contributed by atoms with E-state index in [0.717, 1.165) is 10.6 Å². The Kier molecular flexibility index (Phi) is 11.7. The number of rotatable bonds is 11. The molecule has 204 valence electrons. The number of sulfonamides is 1. The summed E-state index contributed by atoms with van der Waals surface area (Å²) in [6, 6.07) is 6.33. The van der Waals surface area contributed by atoms with Gasteiger partial charge in [0.1, 0.15) is 12.6 Å². The predicted molar refractivity (Wildman–Crippen MR) is 153 cm³/mol. The maximum Gasteiger partial charge on any atom is 0.244 e. The Hall–Kier alpha value is -1.42. The number of anilines is 1. The minimum atomic E-state index is -4.01. The van der Waals surface area contributed by atoms with Gasteiger partial charge in [-0.2, -0.15) is 0 Å². The predicted octanol–water partition coefficient (Wildman–Crippen LogP) is 6.44. The average Bonchev–Trinajstić information content (AvgIpc) is 2.80. The van der Waals surface area contributed by atoms with Crippen LogP contribution in [-0.2, 0) is 26.2 Å². The van der Waals surface area contributed by atoms with E-state index in [2.05, 4.69) is 5.32 Å². The summed E-state index contributed by atoms with van der Waals surface area (Å²) < 4.78 is 26.3. The number of benzene rings is 2. The second kappa shape index (κ2) is 13.6. The van der Waals surface area contributed by atoms with E-state index in [9.17, 15) is 18.0 Å². The third-order valence-corrected chi connectivity index (χ3v) is 8.42. The molecule has 0 bridgehead atoms. The molecule has 2 aromatic carbocycles. The summed E-state index contributed by atoms with van der Waals surface area (Å²) in [6.07, 6.45) is 1.90. The molecule has 0 radical (unpaired) electrons. The number of nitrogens with zero attached hydrogens (tertiary/aromatic N) is 2. The van der Waals surface area contributed by atoms with Gasteiger partial charge >= 0.3 is 0 Å². The van der Waals surface area contributed by atoms with Crippen molar-refractivity contribution in [3.05, 3.63) is 61.0 Å². The van der Waals surface area contributed by atoms with Gasteiger partial charge in [-0.1, -0.05) is 77.9 Å². The van der Waals surface area contributed by atoms with Gasteiger partial charge in [0.2, 0.25) is 21.8 Å². The van der Waals surface area contributed by atoms with E-state index in [0.29, 0.717) is 22.0 Å². The second-order valence-electron chi connectivity index (χ2n) is 8.49. The van der Waals surface area contributed by atoms with Gasteiger partial charge in [0.25, 0.3) is 0 Å². The van der Waals surface area contributed by atoms with Crippen molar-refractivity contribution in [2.75, 3.05) is 17.1 Å². The molecule has 2 amide bonds. The summed E-state index contributed by atoms with van der Waals surface area (Å²) in [6.45, 7) is 4.83. The molecule has 0 aliphatic rings. The zero-order valence-corrected chi connectivity index (χ0v) is 25.3. The molecule has 0 saturated carbocycles. The van der Waals surface area contributed by atoms with Crippen molar-refractivity contribution >= 4 is 85.5 Å². The molecule has 0 fully saturated rings. The van der Waals surface area contributed by atoms with Gasteiger partial charge in [0.15, 0.2) is 0 Å². The van der Waals surface area contributed by atoms with Crippen LogP contribution >= 0.6 is 58.0 Å². The number of hydrogen-bond acceptors (Lipinski definition) is 4. The largest absolute Gasteiger partial charge is 0.352 e. The van der Waals surface area contributed by atoms with Gasteiger partial charge in [-0.15, -0.1) is 0 Å². The van der Waals surface area contributed by atoms with E-state index < -0.39 is 28.5 Å². The first-order chi connectivity index (χ1) is 17.2. The smallest absolute Gasteiger partial charge is 0.244 e. The summed E-state index contributed by atoms with van der Waals surface area (Å²) in [5, 5.41) is 3.78. The lowest BCUT2D eigenvalue weighted by atomic mass is 10.1. The van der Waals surface area contributed by atoms with E-state index >= 15 is 0 Å². The third kappa shape index (κ3) is 8.53. The van der Waals surface area contributed by atoms with E-state index in [1.165, 1.54) is 23.1 Å². The molecule has 2 aromatic rings. The SMILES string of the molecule is CC[C@@H](C)NC(=O)[C@H](CC)N(Cc1ccc(Cl)cc1Cl)C(=O)CN(c1cc(Cl)c(Cl)cc1Cl)S(C)(=O)=O. The molecular weight excluding hydrogens is 604 g/mol. The highest BCUT2D eigenvalue weighted by molar-refractivity contribution is 7.92. The van der Waals surface area contributed by atoms with Crippen LogP contribution in [-0.4, -0.2) is 50.0 Å². The Morgan fingerprint density at radius 1 is 0.919 bits per heavy atom. The van der Waals surface area contributed by atoms with Crippen LogP contribution in [0.4, 0.5) is 5.69 Å². The Bertz CT molecular complexity index is 1260. The van der Waals surface area contributed by atoms with Crippen molar-refractivity contribution in [1.82, 2.24) is 10.2 Å². The normalized spacial score (nSPS) is 13.1. The highest BCUT2D eigenvalue weighted by Crippen LogP contribution is 2.36. The number of nitrogens with one attached hydrogen (secondary N) is 1. The number of amides is 2. The number of carbonyl (C=O) groups is 2. The van der Waals surface area contributed by atoms with Gasteiger partial charge in [-0.05, 0) is 49.6 Å². The lowest BCUT2D eigenvalue weighted by Crippen LogP contribution is -2.53. The highest BCUT2D eigenvalue weighted by Gasteiger charge is 2.33. The van der Waals surface area contributed by atoms with Crippen LogP contribution in [0.3, 0.4) is 0 Å². The molecule has 1 N–H and O–H groups in total. The van der Waals surface area contributed by atoms with E-state index in [1.54, 1.807) is 19.1 Å². The molecular formula is C24H28Cl5N3O4S. The minimum Gasteiger partial charge on any atom is -0.352 e. The summed E-state index contributed by atoms with van der Waals surface area (Å²) in [4.78, 5) is 28.2. The fraction of sp³-hybridized carbons (Fsp3) is 0.417. The number of hydrogen-bond donors (Lipinski definition) is 1. The monoisotopic (exact) mass is 629 g/mol. The summed E-state index contributed by atoms with van der Waals surface area (Å²) in [5.74, 6) is -1.02. The lowest BCUT2D eigenvalue weighted by Gasteiger charge is -2.33. The van der Waals surface area contributed by atoms with Crippen LogP contribution in [0.15, 0.2) is 30.3 Å². The van der Waals surface area contributed by atoms with Crippen molar-refractivity contribution in [3.8, 4) is 0 Å². The summed E-state index contributed by atoms with van der Waals surface area (Å²) >= 11 is 30.8. The molecule has 2 rings (SSSR count). The van der Waals surface area contributed by atoms with E-state index in [4.69, 9.17) is 58.0 Å². The molecule has 0 saturated heterocycles. The van der Waals surface area contributed by atoms with Gasteiger partial charge < -0.3 is 10.2 Å². The van der Waals surface area contributed by atoms with Gasteiger partial charge in [0, 0.05) is 22.6 Å². The van der Waals surface area contributed by atoms with Crippen molar-refractivity contribution in [2.24, 2.45) is 0 Å². The van der Waals surface area contributed by atoms with E-state index in [1.807, 2.05) is 13.8 Å². The standard InChI is InChI=1S/C24H28Cl5N3O4S/c1-5-14(3)30-24(34)21(6-2)31(12-15-7-8-16(25)9-17(15)26)23(33)13-32(37(4,35)36)22-11-19(28)18(27)10-20(22)29/h7-11,14,21H,5-6,12-13H2,1-4H3,(H,30,34)/t14-,21+/m1/s1. The fourth-order valence-corrected chi connectivity index (χ4v) is 5.51. The Balaban J connectivity index is 2.54. The molecule has 13 heteroatoms. The molecule has 0 unspecified atom stereocenters. The van der Waals surface area contributed by atoms with Crippen LogP contribution in [0.2, 0.25) is 25.1 Å². The van der Waals surface area contributed by atoms with Crippen molar-refractivity contribution in [1.29, 1.82) is 0 Å². The average molecular weight is 632 g/mol. The maximum absolute atomic E-state index is 13.7. The second-order valence-corrected chi connectivity index (χ2v) is 12.5. The van der Waals surface area contributed by atoms with Gasteiger partial charge in [-0.25, -0.2) is 8.42 Å². The van der Waals surface area contributed by atoms with Crippen molar-refractivity contribution in [3.63, 3.8) is 0 Å². The quantitative estimate of drug-likeness (QED) is 0.289. The molecule has 0 aliphatic heterocycles. The first-order valence-corrected chi connectivity index (χ1v) is 15.1. The lowest BCUT2D eigenvalue weighted by molar-refractivity contribution is -0.140. The topological polar surface area (TPSA) is 86.8 Å².